The number of carbonyl (C=O) groups is 2. The number of amides is 2. The van der Waals surface area contributed by atoms with Gasteiger partial charge in [0, 0.05) is 23.5 Å². The lowest BCUT2D eigenvalue weighted by Gasteiger charge is -2.09. The Bertz CT molecular complexity index is 740. The van der Waals surface area contributed by atoms with Crippen LogP contribution >= 0.6 is 0 Å². The summed E-state index contributed by atoms with van der Waals surface area (Å²) in [6.45, 7) is 6.60. The van der Waals surface area contributed by atoms with E-state index in [0.717, 1.165) is 5.69 Å². The molecule has 0 radical (unpaired) electrons. The molecule has 26 heavy (non-hydrogen) atoms. The Balaban J connectivity index is 1.81. The molecule has 6 nitrogen and oxygen atoms in total. The number of benzene rings is 2. The summed E-state index contributed by atoms with van der Waals surface area (Å²) in [6, 6.07) is 14.1. The van der Waals surface area contributed by atoms with Gasteiger partial charge in [0.05, 0.1) is 6.54 Å². The van der Waals surface area contributed by atoms with Crippen molar-refractivity contribution >= 4 is 23.2 Å². The molecule has 0 saturated carbocycles. The van der Waals surface area contributed by atoms with E-state index in [0.29, 0.717) is 30.2 Å². The minimum absolute atomic E-state index is 0.114. The molecule has 0 unspecified atom stereocenters. The fraction of sp³-hybridized carbons (Fsp3) is 0.200. The molecule has 2 aromatic rings. The van der Waals surface area contributed by atoms with Gasteiger partial charge in [-0.2, -0.15) is 0 Å². The molecule has 2 rings (SSSR count). The summed E-state index contributed by atoms with van der Waals surface area (Å²) in [5, 5.41) is 8.56. The molecular formula is C20H23N3O3. The van der Waals surface area contributed by atoms with Crippen LogP contribution in [0, 0.1) is 0 Å². The van der Waals surface area contributed by atoms with Crippen LogP contribution in [-0.4, -0.2) is 31.5 Å². The van der Waals surface area contributed by atoms with E-state index in [-0.39, 0.29) is 18.4 Å². The van der Waals surface area contributed by atoms with E-state index in [2.05, 4.69) is 22.5 Å². The molecular weight excluding hydrogens is 330 g/mol. The van der Waals surface area contributed by atoms with Crippen molar-refractivity contribution in [2.45, 2.75) is 6.92 Å². The first kappa shape index (κ1) is 19.1. The standard InChI is InChI=1S/C20H23N3O3/c1-3-13-26-18-11-9-17(10-12-18)23-19(24)14-22-16-7-5-15(6-8-16)20(25)21-4-2/h3,5-12,22H,1,4,13-14H2,2H3,(H,21,25)(H,23,24). The Hall–Kier alpha value is -3.28. The fourth-order valence-corrected chi connectivity index (χ4v) is 2.18. The smallest absolute Gasteiger partial charge is 0.251 e. The molecule has 3 N–H and O–H groups in total. The Morgan fingerprint density at radius 1 is 1.04 bits per heavy atom. The van der Waals surface area contributed by atoms with Crippen LogP contribution in [0.1, 0.15) is 17.3 Å². The van der Waals surface area contributed by atoms with Crippen molar-refractivity contribution in [3.8, 4) is 5.75 Å². The van der Waals surface area contributed by atoms with Crippen LogP contribution in [-0.2, 0) is 4.79 Å². The maximum atomic E-state index is 12.0. The van der Waals surface area contributed by atoms with E-state index < -0.39 is 0 Å². The Labute approximate surface area is 153 Å². The van der Waals surface area contributed by atoms with E-state index in [1.807, 2.05) is 6.92 Å². The van der Waals surface area contributed by atoms with Gasteiger partial charge in [-0.15, -0.1) is 0 Å². The van der Waals surface area contributed by atoms with Gasteiger partial charge in [-0.3, -0.25) is 9.59 Å². The highest BCUT2D eigenvalue weighted by molar-refractivity contribution is 5.95. The van der Waals surface area contributed by atoms with Crippen LogP contribution in [0.3, 0.4) is 0 Å². The minimum Gasteiger partial charge on any atom is -0.490 e. The third kappa shape index (κ3) is 5.98. The van der Waals surface area contributed by atoms with Gasteiger partial charge in [0.25, 0.3) is 5.91 Å². The van der Waals surface area contributed by atoms with Crippen LogP contribution < -0.4 is 20.7 Å². The summed E-state index contributed by atoms with van der Waals surface area (Å²) in [7, 11) is 0. The van der Waals surface area contributed by atoms with Crippen LogP contribution in [0.2, 0.25) is 0 Å². The monoisotopic (exact) mass is 353 g/mol. The van der Waals surface area contributed by atoms with Crippen molar-refractivity contribution in [1.29, 1.82) is 0 Å². The van der Waals surface area contributed by atoms with Gasteiger partial charge < -0.3 is 20.7 Å². The summed E-state index contributed by atoms with van der Waals surface area (Å²) < 4.78 is 5.39. The predicted molar refractivity (Wildman–Crippen MR) is 104 cm³/mol. The zero-order chi connectivity index (χ0) is 18.8. The van der Waals surface area contributed by atoms with Gasteiger partial charge in [0.15, 0.2) is 0 Å². The van der Waals surface area contributed by atoms with E-state index in [4.69, 9.17) is 4.74 Å². The van der Waals surface area contributed by atoms with Gasteiger partial charge in [0.2, 0.25) is 5.91 Å². The lowest BCUT2D eigenvalue weighted by atomic mass is 10.2. The van der Waals surface area contributed by atoms with Gasteiger partial charge in [-0.25, -0.2) is 0 Å². The molecule has 0 aliphatic heterocycles. The highest BCUT2D eigenvalue weighted by atomic mass is 16.5. The van der Waals surface area contributed by atoms with Gasteiger partial charge in [-0.1, -0.05) is 12.7 Å². The van der Waals surface area contributed by atoms with Crippen molar-refractivity contribution in [1.82, 2.24) is 5.32 Å². The van der Waals surface area contributed by atoms with Crippen LogP contribution in [0.25, 0.3) is 0 Å². The van der Waals surface area contributed by atoms with Crippen molar-refractivity contribution in [2.24, 2.45) is 0 Å². The highest BCUT2D eigenvalue weighted by Gasteiger charge is 2.05. The van der Waals surface area contributed by atoms with Crippen LogP contribution in [0.5, 0.6) is 5.75 Å². The quantitative estimate of drug-likeness (QED) is 0.606. The molecule has 2 aromatic carbocycles. The summed E-state index contributed by atoms with van der Waals surface area (Å²) >= 11 is 0. The van der Waals surface area contributed by atoms with Crippen molar-refractivity contribution in [3.63, 3.8) is 0 Å². The average molecular weight is 353 g/mol. The number of anilines is 2. The summed E-state index contributed by atoms with van der Waals surface area (Å²) in [5.41, 5.74) is 2.04. The lowest BCUT2D eigenvalue weighted by molar-refractivity contribution is -0.114. The predicted octanol–water partition coefficient (Wildman–Crippen LogP) is 3.05. The number of hydrogen-bond acceptors (Lipinski definition) is 4. The minimum atomic E-state index is -0.169. The first-order valence-corrected chi connectivity index (χ1v) is 8.38. The number of ether oxygens (including phenoxy) is 1. The second-order valence-corrected chi connectivity index (χ2v) is 5.46. The third-order valence-electron chi connectivity index (χ3n) is 3.44. The molecule has 0 heterocycles. The zero-order valence-corrected chi connectivity index (χ0v) is 14.7. The molecule has 0 saturated heterocycles. The Morgan fingerprint density at radius 2 is 1.69 bits per heavy atom. The molecule has 0 spiro atoms. The first-order chi connectivity index (χ1) is 12.6. The molecule has 0 fully saturated rings. The summed E-state index contributed by atoms with van der Waals surface area (Å²) in [5.74, 6) is 0.433. The summed E-state index contributed by atoms with van der Waals surface area (Å²) in [4.78, 5) is 23.7. The van der Waals surface area contributed by atoms with Gasteiger partial charge >= 0.3 is 0 Å². The van der Waals surface area contributed by atoms with E-state index in [1.54, 1.807) is 54.6 Å². The Kier molecular flexibility index (Phi) is 7.24. The molecule has 2 amide bonds. The molecule has 6 heteroatoms. The van der Waals surface area contributed by atoms with Crippen molar-refractivity contribution < 1.29 is 14.3 Å². The number of rotatable bonds is 9. The fourth-order valence-electron chi connectivity index (χ4n) is 2.18. The molecule has 0 bridgehead atoms. The Morgan fingerprint density at radius 3 is 2.31 bits per heavy atom. The molecule has 0 aliphatic carbocycles. The number of nitrogens with one attached hydrogen (secondary N) is 3. The average Bonchev–Trinajstić information content (AvgIpc) is 2.66. The molecule has 0 aromatic heterocycles. The van der Waals surface area contributed by atoms with Gasteiger partial charge in [-0.05, 0) is 55.5 Å². The van der Waals surface area contributed by atoms with E-state index in [1.165, 1.54) is 0 Å². The molecule has 0 atom stereocenters. The largest absolute Gasteiger partial charge is 0.490 e. The second-order valence-electron chi connectivity index (χ2n) is 5.46. The SMILES string of the molecule is C=CCOc1ccc(NC(=O)CNc2ccc(C(=O)NCC)cc2)cc1. The maximum absolute atomic E-state index is 12.0. The number of hydrogen-bond donors (Lipinski definition) is 3. The normalized spacial score (nSPS) is 9.88. The molecule has 0 aliphatic rings. The van der Waals surface area contributed by atoms with Crippen molar-refractivity contribution in [3.05, 3.63) is 66.7 Å². The highest BCUT2D eigenvalue weighted by Crippen LogP contribution is 2.16. The number of carbonyl (C=O) groups excluding carboxylic acids is 2. The zero-order valence-electron chi connectivity index (χ0n) is 14.7. The van der Waals surface area contributed by atoms with Gasteiger partial charge in [0.1, 0.15) is 12.4 Å². The topological polar surface area (TPSA) is 79.5 Å². The lowest BCUT2D eigenvalue weighted by Crippen LogP contribution is -2.23. The van der Waals surface area contributed by atoms with E-state index >= 15 is 0 Å². The molecule has 136 valence electrons. The van der Waals surface area contributed by atoms with E-state index in [9.17, 15) is 9.59 Å². The second kappa shape index (κ2) is 9.88. The van der Waals surface area contributed by atoms with Crippen LogP contribution in [0.15, 0.2) is 61.2 Å². The third-order valence-corrected chi connectivity index (χ3v) is 3.44. The summed E-state index contributed by atoms with van der Waals surface area (Å²) in [6.07, 6.45) is 1.67. The first-order valence-electron chi connectivity index (χ1n) is 8.38. The van der Waals surface area contributed by atoms with Crippen LogP contribution in [0.4, 0.5) is 11.4 Å². The maximum Gasteiger partial charge on any atom is 0.251 e. The van der Waals surface area contributed by atoms with Crippen molar-refractivity contribution in [2.75, 3.05) is 30.3 Å².